The molecule has 1 fully saturated rings. The molecule has 1 saturated carbocycles. The van der Waals surface area contributed by atoms with Gasteiger partial charge in [0.2, 0.25) is 0 Å². The van der Waals surface area contributed by atoms with Crippen molar-refractivity contribution in [1.82, 2.24) is 4.72 Å². The fraction of sp³-hybridized carbons (Fsp3) is 0.512. The van der Waals surface area contributed by atoms with E-state index in [-0.39, 0.29) is 23.2 Å². The van der Waals surface area contributed by atoms with E-state index in [0.717, 1.165) is 73.5 Å². The van der Waals surface area contributed by atoms with Crippen LogP contribution in [0.3, 0.4) is 0 Å². The van der Waals surface area contributed by atoms with Gasteiger partial charge in [-0.3, -0.25) is 14.3 Å². The Morgan fingerprint density at radius 3 is 2.83 bits per heavy atom. The summed E-state index contributed by atoms with van der Waals surface area (Å²) in [6, 6.07) is 14.1. The Kier molecular flexibility index (Phi) is 9.82. The lowest BCUT2D eigenvalue weighted by Crippen LogP contribution is -2.49. The van der Waals surface area contributed by atoms with Crippen molar-refractivity contribution in [2.45, 2.75) is 76.9 Å². The number of carbonyl (C=O) groups excluding carboxylic acids is 2. The average Bonchev–Trinajstić information content (AvgIpc) is 3.49. The second-order valence-electron chi connectivity index (χ2n) is 15.6. The number of anilines is 1. The first-order chi connectivity index (χ1) is 25.1. The van der Waals surface area contributed by atoms with Crippen LogP contribution in [-0.2, 0) is 44.3 Å². The van der Waals surface area contributed by atoms with Gasteiger partial charge in [0.15, 0.2) is 0 Å². The summed E-state index contributed by atoms with van der Waals surface area (Å²) >= 11 is 1.39. The molecular formula is C41H49N3O6S2. The number of benzene rings is 2. The molecule has 2 bridgehead atoms. The lowest BCUT2D eigenvalue weighted by molar-refractivity contribution is 0.0131. The van der Waals surface area contributed by atoms with Gasteiger partial charge >= 0.3 is 0 Å². The first kappa shape index (κ1) is 35.5. The third kappa shape index (κ3) is 6.97. The van der Waals surface area contributed by atoms with Crippen molar-refractivity contribution in [1.29, 1.82) is 0 Å². The van der Waals surface area contributed by atoms with Crippen molar-refractivity contribution in [3.8, 4) is 5.75 Å². The second kappa shape index (κ2) is 14.4. The van der Waals surface area contributed by atoms with E-state index in [1.807, 2.05) is 19.1 Å². The van der Waals surface area contributed by atoms with Crippen LogP contribution in [0.15, 0.2) is 59.0 Å². The molecule has 276 valence electrons. The topological polar surface area (TPSA) is 107 Å². The van der Waals surface area contributed by atoms with Gasteiger partial charge in [0.1, 0.15) is 15.7 Å². The zero-order valence-electron chi connectivity index (χ0n) is 30.4. The van der Waals surface area contributed by atoms with Crippen LogP contribution in [0.1, 0.15) is 86.2 Å². The Morgan fingerprint density at radius 1 is 1.13 bits per heavy atom. The minimum absolute atomic E-state index is 0.0360. The van der Waals surface area contributed by atoms with E-state index < -0.39 is 21.7 Å². The summed E-state index contributed by atoms with van der Waals surface area (Å²) in [6.07, 6.45) is 10.9. The van der Waals surface area contributed by atoms with Crippen molar-refractivity contribution < 1.29 is 28.0 Å². The molecule has 0 radical (unpaired) electrons. The van der Waals surface area contributed by atoms with Crippen LogP contribution in [0, 0.1) is 24.7 Å². The number of hydrogen-bond acceptors (Lipinski definition) is 8. The third-order valence-electron chi connectivity index (χ3n) is 11.8. The van der Waals surface area contributed by atoms with Crippen LogP contribution in [0.5, 0.6) is 5.75 Å². The van der Waals surface area contributed by atoms with Gasteiger partial charge in [0.25, 0.3) is 11.8 Å². The number of hydrogen-bond donors (Lipinski definition) is 1. The third-order valence-corrected chi connectivity index (χ3v) is 15.0. The molecule has 1 N–H and O–H groups in total. The standard InChI is InChI=1S/C41H49N3O6S2/c1-26-9-13-33-28(18-26)7-5-16-41(33)24-44-21-30-10-12-32(30)35(48-3)8-4-6-27(2)23-52(47,42-39(45)29-11-14-36(50-25-41)34(44)19-29)43-40(46)38-20-31-22-49-17-15-37(31)51-38/h4,8-9,11,13-14,18-20,27,30,32,35H,5-7,10,12,15-17,21-25H2,1-3H3,(H,42,43,45,46,47)/b8-4+/t27-,30-,32+,35-,41-,52?/m0/s1. The van der Waals surface area contributed by atoms with Gasteiger partial charge in [-0.2, -0.15) is 0 Å². The minimum atomic E-state index is -3.50. The number of nitrogens with zero attached hydrogens (tertiary/aromatic N) is 2. The van der Waals surface area contributed by atoms with Gasteiger partial charge in [0.05, 0.1) is 42.2 Å². The Bertz CT molecular complexity index is 2010. The number of rotatable bonds is 3. The Hall–Kier alpha value is -3.51. The van der Waals surface area contributed by atoms with Gasteiger partial charge < -0.3 is 19.1 Å². The molecule has 6 atom stereocenters. The molecule has 11 heteroatoms. The maximum Gasteiger partial charge on any atom is 0.286 e. The van der Waals surface area contributed by atoms with E-state index in [1.54, 1.807) is 19.2 Å². The van der Waals surface area contributed by atoms with Gasteiger partial charge in [0, 0.05) is 42.5 Å². The number of methoxy groups -OCH3 is 1. The Balaban J connectivity index is 1.18. The van der Waals surface area contributed by atoms with Crippen molar-refractivity contribution >= 4 is 38.8 Å². The molecule has 2 amide bonds. The predicted octanol–water partition coefficient (Wildman–Crippen LogP) is 7.19. The highest BCUT2D eigenvalue weighted by Crippen LogP contribution is 2.47. The van der Waals surface area contributed by atoms with Crippen LogP contribution in [0.4, 0.5) is 5.69 Å². The van der Waals surface area contributed by atoms with Crippen molar-refractivity contribution in [3.05, 3.63) is 92.2 Å². The van der Waals surface area contributed by atoms with E-state index in [9.17, 15) is 13.8 Å². The van der Waals surface area contributed by atoms with Crippen LogP contribution in [-0.4, -0.2) is 61.3 Å². The minimum Gasteiger partial charge on any atom is -0.490 e. The number of amides is 2. The summed E-state index contributed by atoms with van der Waals surface area (Å²) in [6.45, 7) is 7.33. The summed E-state index contributed by atoms with van der Waals surface area (Å²) in [5.74, 6) is 0.331. The Morgan fingerprint density at radius 2 is 2.02 bits per heavy atom. The van der Waals surface area contributed by atoms with Crippen molar-refractivity contribution in [3.63, 3.8) is 0 Å². The molecule has 1 unspecified atom stereocenters. The average molecular weight is 744 g/mol. The molecule has 2 aromatic carbocycles. The molecule has 1 aromatic heterocycles. The lowest BCUT2D eigenvalue weighted by Gasteiger charge is -2.46. The molecule has 2 aliphatic carbocycles. The van der Waals surface area contributed by atoms with Gasteiger partial charge in [-0.1, -0.05) is 42.8 Å². The summed E-state index contributed by atoms with van der Waals surface area (Å²) in [5.41, 5.74) is 6.00. The Labute approximate surface area is 311 Å². The van der Waals surface area contributed by atoms with Gasteiger partial charge in [-0.15, -0.1) is 15.7 Å². The molecule has 1 spiro atoms. The summed E-state index contributed by atoms with van der Waals surface area (Å²) in [4.78, 5) is 31.7. The van der Waals surface area contributed by atoms with Gasteiger partial charge in [-0.05, 0) is 104 Å². The smallest absolute Gasteiger partial charge is 0.286 e. The van der Waals surface area contributed by atoms with Crippen LogP contribution in [0.25, 0.3) is 0 Å². The highest BCUT2D eigenvalue weighted by Gasteiger charge is 2.44. The lowest BCUT2D eigenvalue weighted by atomic mass is 9.68. The van der Waals surface area contributed by atoms with Crippen LogP contribution >= 0.6 is 11.3 Å². The predicted molar refractivity (Wildman–Crippen MR) is 205 cm³/mol. The van der Waals surface area contributed by atoms with E-state index in [4.69, 9.17) is 14.2 Å². The molecule has 3 aromatic rings. The van der Waals surface area contributed by atoms with E-state index in [1.165, 1.54) is 28.0 Å². The molecule has 3 aliphatic heterocycles. The van der Waals surface area contributed by atoms with Crippen LogP contribution < -0.4 is 14.4 Å². The van der Waals surface area contributed by atoms with Crippen molar-refractivity contribution in [2.75, 3.05) is 44.1 Å². The molecule has 5 aliphatic rings. The normalized spacial score (nSPS) is 30.8. The number of carbonyl (C=O) groups is 2. The first-order valence-electron chi connectivity index (χ1n) is 18.7. The summed E-state index contributed by atoms with van der Waals surface area (Å²) in [5, 5.41) is 0. The van der Waals surface area contributed by atoms with E-state index >= 15 is 0 Å². The largest absolute Gasteiger partial charge is 0.490 e. The first-order valence-corrected chi connectivity index (χ1v) is 21.2. The number of ether oxygens (including phenoxy) is 3. The van der Waals surface area contributed by atoms with E-state index in [2.05, 4.69) is 51.3 Å². The molecule has 0 saturated heterocycles. The molecule has 9 nitrogen and oxygen atoms in total. The zero-order chi connectivity index (χ0) is 36.0. The number of allylic oxidation sites excluding steroid dienone is 1. The quantitative estimate of drug-likeness (QED) is 0.283. The molecule has 8 rings (SSSR count). The maximum atomic E-state index is 14.7. The van der Waals surface area contributed by atoms with Crippen molar-refractivity contribution in [2.24, 2.45) is 22.1 Å². The SMILES string of the molecule is CO[C@H]1/C=C/C[C@H](C)CS(=O)(NC(=O)c2cc3c(s2)CCOC3)=NC(=O)c2ccc3c(c2)N(C[C@@H]2CC[C@H]21)C[C@@]1(CCCc2cc(C)ccc21)CO3. The fourth-order valence-corrected chi connectivity index (χ4v) is 12.0. The van der Waals surface area contributed by atoms with Gasteiger partial charge in [-0.25, -0.2) is 4.21 Å². The highest BCUT2D eigenvalue weighted by molar-refractivity contribution is 7.92. The maximum absolute atomic E-state index is 14.7. The number of aryl methyl sites for hydroxylation is 2. The molecule has 4 heterocycles. The van der Waals surface area contributed by atoms with Crippen LogP contribution in [0.2, 0.25) is 0 Å². The van der Waals surface area contributed by atoms with E-state index in [0.29, 0.717) is 48.5 Å². The second-order valence-corrected chi connectivity index (χ2v) is 18.8. The summed E-state index contributed by atoms with van der Waals surface area (Å²) < 4.78 is 40.1. The highest BCUT2D eigenvalue weighted by atomic mass is 32.2. The number of nitrogens with one attached hydrogen (secondary N) is 1. The summed E-state index contributed by atoms with van der Waals surface area (Å²) in [7, 11) is -1.72. The fourth-order valence-electron chi connectivity index (χ4n) is 8.98. The number of fused-ring (bicyclic) bond motifs is 5. The molecular weight excluding hydrogens is 695 g/mol. The number of thiophene rings is 1. The zero-order valence-corrected chi connectivity index (χ0v) is 32.0. The monoisotopic (exact) mass is 743 g/mol. The molecule has 52 heavy (non-hydrogen) atoms.